The lowest BCUT2D eigenvalue weighted by Crippen LogP contribution is -2.16. The molecule has 2 N–H and O–H groups in total. The van der Waals surface area contributed by atoms with E-state index < -0.39 is 0 Å². The van der Waals surface area contributed by atoms with Gasteiger partial charge in [0.05, 0.1) is 0 Å². The van der Waals surface area contributed by atoms with E-state index in [2.05, 4.69) is 51.5 Å². The fourth-order valence-corrected chi connectivity index (χ4v) is 3.08. The van der Waals surface area contributed by atoms with Crippen molar-refractivity contribution in [2.45, 2.75) is 19.4 Å². The summed E-state index contributed by atoms with van der Waals surface area (Å²) in [5.41, 5.74) is 9.14. The van der Waals surface area contributed by atoms with Gasteiger partial charge < -0.3 is 5.73 Å². The molecule has 0 aliphatic carbocycles. The standard InChI is InChI=1S/C15H14BrFIN/c1-9-3-2-4-12(15(9)18)14(19)7-10-5-6-11(16)8-13(10)17/h2-6,8,14H,7,19H2,1H3. The van der Waals surface area contributed by atoms with Crippen LogP contribution in [0.2, 0.25) is 0 Å². The molecule has 0 aliphatic heterocycles. The topological polar surface area (TPSA) is 26.0 Å². The van der Waals surface area contributed by atoms with Crippen LogP contribution in [0.3, 0.4) is 0 Å². The minimum absolute atomic E-state index is 0.192. The van der Waals surface area contributed by atoms with E-state index in [1.807, 2.05) is 18.2 Å². The van der Waals surface area contributed by atoms with Crippen molar-refractivity contribution in [1.82, 2.24) is 0 Å². The molecule has 1 nitrogen and oxygen atoms in total. The smallest absolute Gasteiger partial charge is 0.127 e. The molecule has 2 aromatic carbocycles. The van der Waals surface area contributed by atoms with Gasteiger partial charge >= 0.3 is 0 Å². The lowest BCUT2D eigenvalue weighted by atomic mass is 9.98. The van der Waals surface area contributed by atoms with E-state index in [9.17, 15) is 4.39 Å². The Balaban J connectivity index is 2.25. The van der Waals surface area contributed by atoms with Crippen LogP contribution >= 0.6 is 38.5 Å². The van der Waals surface area contributed by atoms with E-state index in [4.69, 9.17) is 5.73 Å². The fraction of sp³-hybridized carbons (Fsp3) is 0.200. The van der Waals surface area contributed by atoms with Crippen LogP contribution in [0.1, 0.15) is 22.7 Å². The second-order valence-corrected chi connectivity index (χ2v) is 6.52. The molecule has 2 aromatic rings. The third-order valence-electron chi connectivity index (χ3n) is 3.08. The van der Waals surface area contributed by atoms with Crippen LogP contribution in [-0.2, 0) is 6.42 Å². The SMILES string of the molecule is Cc1cccc(C(N)Cc2ccc(Br)cc2F)c1I. The zero-order valence-electron chi connectivity index (χ0n) is 10.5. The Hall–Kier alpha value is -0.460. The normalized spacial score (nSPS) is 12.5. The number of halogens is 3. The lowest BCUT2D eigenvalue weighted by molar-refractivity contribution is 0.592. The highest BCUT2D eigenvalue weighted by Crippen LogP contribution is 2.25. The van der Waals surface area contributed by atoms with Crippen LogP contribution in [0, 0.1) is 16.3 Å². The zero-order chi connectivity index (χ0) is 14.0. The molecule has 0 spiro atoms. The molecule has 0 amide bonds. The summed E-state index contributed by atoms with van der Waals surface area (Å²) < 4.78 is 15.7. The summed E-state index contributed by atoms with van der Waals surface area (Å²) in [6, 6.07) is 11.0. The zero-order valence-corrected chi connectivity index (χ0v) is 14.2. The molecule has 4 heteroatoms. The second-order valence-electron chi connectivity index (χ2n) is 4.52. The van der Waals surface area contributed by atoms with Crippen molar-refractivity contribution >= 4 is 38.5 Å². The van der Waals surface area contributed by atoms with Crippen LogP contribution in [0.4, 0.5) is 4.39 Å². The van der Waals surface area contributed by atoms with Gasteiger partial charge in [0.1, 0.15) is 5.82 Å². The Bertz CT molecular complexity index is 601. The number of rotatable bonds is 3. The molecule has 0 aromatic heterocycles. The molecule has 0 heterocycles. The summed E-state index contributed by atoms with van der Waals surface area (Å²) in [5.74, 6) is -0.215. The Morgan fingerprint density at radius 3 is 2.74 bits per heavy atom. The number of aryl methyl sites for hydroxylation is 1. The van der Waals surface area contributed by atoms with Gasteiger partial charge in [0, 0.05) is 14.1 Å². The fourth-order valence-electron chi connectivity index (χ4n) is 1.99. The van der Waals surface area contributed by atoms with Crippen molar-refractivity contribution in [2.24, 2.45) is 5.73 Å². The van der Waals surface area contributed by atoms with Crippen LogP contribution in [-0.4, -0.2) is 0 Å². The third kappa shape index (κ3) is 3.55. The summed E-state index contributed by atoms with van der Waals surface area (Å²) >= 11 is 5.55. The van der Waals surface area contributed by atoms with E-state index in [0.29, 0.717) is 12.0 Å². The van der Waals surface area contributed by atoms with E-state index in [0.717, 1.165) is 13.6 Å². The summed E-state index contributed by atoms with van der Waals surface area (Å²) in [6.07, 6.45) is 0.499. The molecule has 100 valence electrons. The van der Waals surface area contributed by atoms with Gasteiger partial charge in [-0.05, 0) is 64.8 Å². The monoisotopic (exact) mass is 433 g/mol. The predicted octanol–water partition coefficient (Wildman–Crippen LogP) is 4.74. The molecule has 1 atom stereocenters. The molecule has 0 aliphatic rings. The summed E-state index contributed by atoms with van der Waals surface area (Å²) in [7, 11) is 0. The molecule has 1 unspecified atom stereocenters. The van der Waals surface area contributed by atoms with Gasteiger partial charge in [0.25, 0.3) is 0 Å². The first-order chi connectivity index (χ1) is 8.99. The average molecular weight is 434 g/mol. The van der Waals surface area contributed by atoms with Crippen LogP contribution < -0.4 is 5.73 Å². The molecule has 0 fully saturated rings. The molecule has 0 bridgehead atoms. The summed E-state index contributed by atoms with van der Waals surface area (Å²) in [4.78, 5) is 0. The summed E-state index contributed by atoms with van der Waals surface area (Å²) in [5, 5.41) is 0. The maximum Gasteiger partial charge on any atom is 0.127 e. The number of hydrogen-bond donors (Lipinski definition) is 1. The largest absolute Gasteiger partial charge is 0.324 e. The minimum atomic E-state index is -0.215. The molecule has 0 saturated heterocycles. The van der Waals surface area contributed by atoms with Gasteiger partial charge in [-0.1, -0.05) is 40.2 Å². The first-order valence-corrected chi connectivity index (χ1v) is 7.80. The Morgan fingerprint density at radius 1 is 1.32 bits per heavy atom. The number of benzene rings is 2. The van der Waals surface area contributed by atoms with Crippen molar-refractivity contribution < 1.29 is 4.39 Å². The molecular weight excluding hydrogens is 420 g/mol. The van der Waals surface area contributed by atoms with Crippen molar-refractivity contribution in [3.8, 4) is 0 Å². The summed E-state index contributed by atoms with van der Waals surface area (Å²) in [6.45, 7) is 2.05. The van der Waals surface area contributed by atoms with Gasteiger partial charge in [0.15, 0.2) is 0 Å². The quantitative estimate of drug-likeness (QED) is 0.695. The van der Waals surface area contributed by atoms with Gasteiger partial charge in [0.2, 0.25) is 0 Å². The van der Waals surface area contributed by atoms with E-state index >= 15 is 0 Å². The highest BCUT2D eigenvalue weighted by Gasteiger charge is 2.14. The first kappa shape index (κ1) is 14.9. The van der Waals surface area contributed by atoms with Crippen molar-refractivity contribution in [3.63, 3.8) is 0 Å². The van der Waals surface area contributed by atoms with Crippen LogP contribution in [0.5, 0.6) is 0 Å². The first-order valence-electron chi connectivity index (χ1n) is 5.93. The van der Waals surface area contributed by atoms with E-state index in [1.165, 1.54) is 11.6 Å². The Labute approximate surface area is 134 Å². The number of nitrogens with two attached hydrogens (primary N) is 1. The van der Waals surface area contributed by atoms with Crippen molar-refractivity contribution in [2.75, 3.05) is 0 Å². The Morgan fingerprint density at radius 2 is 2.05 bits per heavy atom. The van der Waals surface area contributed by atoms with Gasteiger partial charge in [-0.15, -0.1) is 0 Å². The van der Waals surface area contributed by atoms with Gasteiger partial charge in [-0.2, -0.15) is 0 Å². The van der Waals surface area contributed by atoms with Gasteiger partial charge in [-0.3, -0.25) is 0 Å². The second kappa shape index (κ2) is 6.33. The predicted molar refractivity (Wildman–Crippen MR) is 88.6 cm³/mol. The highest BCUT2D eigenvalue weighted by atomic mass is 127. The highest BCUT2D eigenvalue weighted by molar-refractivity contribution is 14.1. The maximum atomic E-state index is 13.8. The molecule has 2 rings (SSSR count). The molecule has 0 radical (unpaired) electrons. The lowest BCUT2D eigenvalue weighted by Gasteiger charge is -2.16. The molecular formula is C15H14BrFIN. The van der Waals surface area contributed by atoms with Crippen molar-refractivity contribution in [1.29, 1.82) is 0 Å². The minimum Gasteiger partial charge on any atom is -0.324 e. The number of hydrogen-bond acceptors (Lipinski definition) is 1. The molecule has 19 heavy (non-hydrogen) atoms. The van der Waals surface area contributed by atoms with Crippen LogP contribution in [0.15, 0.2) is 40.9 Å². The average Bonchev–Trinajstić information content (AvgIpc) is 2.36. The third-order valence-corrected chi connectivity index (χ3v) is 5.04. The van der Waals surface area contributed by atoms with E-state index in [-0.39, 0.29) is 11.9 Å². The molecule has 0 saturated carbocycles. The van der Waals surface area contributed by atoms with Gasteiger partial charge in [-0.25, -0.2) is 4.39 Å². The van der Waals surface area contributed by atoms with Crippen molar-refractivity contribution in [3.05, 3.63) is 66.9 Å². The van der Waals surface area contributed by atoms with Crippen LogP contribution in [0.25, 0.3) is 0 Å². The Kier molecular flexibility index (Phi) is 4.97. The maximum absolute atomic E-state index is 13.8. The van der Waals surface area contributed by atoms with E-state index in [1.54, 1.807) is 6.07 Å².